The van der Waals surface area contributed by atoms with Crippen LogP contribution >= 0.6 is 0 Å². The van der Waals surface area contributed by atoms with Gasteiger partial charge in [0.2, 0.25) is 0 Å². The topological polar surface area (TPSA) is 39.4 Å². The van der Waals surface area contributed by atoms with E-state index in [1.807, 2.05) is 27.7 Å². The lowest BCUT2D eigenvalue weighted by atomic mass is 9.85. The van der Waals surface area contributed by atoms with Gasteiger partial charge in [0.15, 0.2) is 5.78 Å². The highest BCUT2D eigenvalue weighted by atomic mass is 16.5. The zero-order valence-corrected chi connectivity index (χ0v) is 9.74. The first-order valence-electron chi connectivity index (χ1n) is 5.15. The molecule has 1 aromatic heterocycles. The van der Waals surface area contributed by atoms with Crippen molar-refractivity contribution >= 4 is 5.78 Å². The second-order valence-electron chi connectivity index (χ2n) is 4.58. The Hall–Kier alpha value is -1.09. The van der Waals surface area contributed by atoms with Crippen LogP contribution in [0.15, 0.2) is 23.0 Å². The molecule has 3 nitrogen and oxygen atoms in total. The molecule has 0 radical (unpaired) electrons. The maximum absolute atomic E-state index is 12.1. The lowest BCUT2D eigenvalue weighted by Crippen LogP contribution is -2.37. The summed E-state index contributed by atoms with van der Waals surface area (Å²) in [5.41, 5.74) is 0.369. The van der Waals surface area contributed by atoms with Gasteiger partial charge in [-0.05, 0) is 18.4 Å². The minimum absolute atomic E-state index is 0.0156. The zero-order valence-electron chi connectivity index (χ0n) is 9.74. The van der Waals surface area contributed by atoms with Gasteiger partial charge in [0.25, 0.3) is 0 Å². The first kappa shape index (κ1) is 12.0. The third-order valence-electron chi connectivity index (χ3n) is 2.16. The Morgan fingerprint density at radius 3 is 2.60 bits per heavy atom. The molecule has 0 saturated heterocycles. The summed E-state index contributed by atoms with van der Waals surface area (Å²) in [5.74, 6) is -0.0156. The molecule has 1 aromatic rings. The average Bonchev–Trinajstić information content (AvgIpc) is 2.63. The summed E-state index contributed by atoms with van der Waals surface area (Å²) in [7, 11) is 0. The van der Waals surface area contributed by atoms with Crippen molar-refractivity contribution in [2.45, 2.75) is 33.8 Å². The monoisotopic (exact) mass is 210 g/mol. The van der Waals surface area contributed by atoms with Crippen LogP contribution in [0.25, 0.3) is 0 Å². The summed E-state index contributed by atoms with van der Waals surface area (Å²) in [5, 5.41) is 0. The van der Waals surface area contributed by atoms with E-state index < -0.39 is 6.10 Å². The predicted octanol–water partition coefficient (Wildman–Crippen LogP) is 2.91. The molecule has 84 valence electrons. The van der Waals surface area contributed by atoms with E-state index in [-0.39, 0.29) is 11.2 Å². The summed E-state index contributed by atoms with van der Waals surface area (Å²) in [6, 6.07) is 1.67. The standard InChI is InChI=1S/C12H18O3/c1-5-15-11(12(2,3)4)10(13)9-6-7-14-8-9/h6-8,11H,5H2,1-4H3. The molecule has 0 aliphatic rings. The highest BCUT2D eigenvalue weighted by Gasteiger charge is 2.32. The van der Waals surface area contributed by atoms with E-state index in [2.05, 4.69) is 0 Å². The van der Waals surface area contributed by atoms with Crippen LogP contribution in [0.3, 0.4) is 0 Å². The molecular formula is C12H18O3. The van der Waals surface area contributed by atoms with Crippen molar-refractivity contribution < 1.29 is 13.9 Å². The summed E-state index contributed by atoms with van der Waals surface area (Å²) in [6.07, 6.45) is 2.54. The van der Waals surface area contributed by atoms with E-state index in [4.69, 9.17) is 9.15 Å². The number of furan rings is 1. The van der Waals surface area contributed by atoms with Crippen LogP contribution in [0.1, 0.15) is 38.1 Å². The minimum atomic E-state index is -0.417. The molecule has 0 aromatic carbocycles. The van der Waals surface area contributed by atoms with Crippen LogP contribution in [0.5, 0.6) is 0 Å². The summed E-state index contributed by atoms with van der Waals surface area (Å²) in [4.78, 5) is 12.1. The smallest absolute Gasteiger partial charge is 0.195 e. The molecule has 0 aliphatic heterocycles. The molecule has 0 fully saturated rings. The van der Waals surface area contributed by atoms with E-state index in [0.29, 0.717) is 12.2 Å². The summed E-state index contributed by atoms with van der Waals surface area (Å²) in [6.45, 7) is 8.40. The summed E-state index contributed by atoms with van der Waals surface area (Å²) < 4.78 is 10.4. The molecule has 0 aliphatic carbocycles. The second kappa shape index (κ2) is 4.62. The van der Waals surface area contributed by atoms with Crippen LogP contribution in [0, 0.1) is 5.41 Å². The fourth-order valence-electron chi connectivity index (χ4n) is 1.44. The lowest BCUT2D eigenvalue weighted by molar-refractivity contribution is -0.000258. The molecule has 1 rings (SSSR count). The SMILES string of the molecule is CCOC(C(=O)c1ccoc1)C(C)(C)C. The maximum Gasteiger partial charge on any atom is 0.195 e. The van der Waals surface area contributed by atoms with E-state index in [1.54, 1.807) is 6.07 Å². The maximum atomic E-state index is 12.1. The van der Waals surface area contributed by atoms with Gasteiger partial charge >= 0.3 is 0 Å². The molecule has 3 heteroatoms. The number of rotatable bonds is 4. The molecule has 0 amide bonds. The van der Waals surface area contributed by atoms with Gasteiger partial charge < -0.3 is 9.15 Å². The number of hydrogen-bond acceptors (Lipinski definition) is 3. The van der Waals surface area contributed by atoms with Crippen molar-refractivity contribution in [2.24, 2.45) is 5.41 Å². The average molecular weight is 210 g/mol. The number of Topliss-reactive ketones (excluding diaryl/α,β-unsaturated/α-hetero) is 1. The van der Waals surface area contributed by atoms with E-state index in [1.165, 1.54) is 12.5 Å². The van der Waals surface area contributed by atoms with Crippen molar-refractivity contribution in [1.29, 1.82) is 0 Å². The molecule has 1 unspecified atom stereocenters. The highest BCUT2D eigenvalue weighted by Crippen LogP contribution is 2.25. The normalized spacial score (nSPS) is 13.9. The number of carbonyl (C=O) groups excluding carboxylic acids is 1. The number of carbonyl (C=O) groups is 1. The molecule has 0 N–H and O–H groups in total. The minimum Gasteiger partial charge on any atom is -0.472 e. The van der Waals surface area contributed by atoms with E-state index in [9.17, 15) is 4.79 Å². The van der Waals surface area contributed by atoms with Crippen molar-refractivity contribution in [3.63, 3.8) is 0 Å². The Morgan fingerprint density at radius 2 is 2.20 bits per heavy atom. The lowest BCUT2D eigenvalue weighted by Gasteiger charge is -2.28. The molecule has 15 heavy (non-hydrogen) atoms. The van der Waals surface area contributed by atoms with Gasteiger partial charge in [0, 0.05) is 6.61 Å². The van der Waals surface area contributed by atoms with Crippen LogP contribution < -0.4 is 0 Å². The van der Waals surface area contributed by atoms with Crippen molar-refractivity contribution in [2.75, 3.05) is 6.61 Å². The van der Waals surface area contributed by atoms with Crippen LogP contribution in [0.4, 0.5) is 0 Å². The second-order valence-corrected chi connectivity index (χ2v) is 4.58. The molecular weight excluding hydrogens is 192 g/mol. The Morgan fingerprint density at radius 1 is 1.53 bits per heavy atom. The molecule has 0 bridgehead atoms. The predicted molar refractivity (Wildman–Crippen MR) is 57.9 cm³/mol. The van der Waals surface area contributed by atoms with E-state index >= 15 is 0 Å². The number of ether oxygens (including phenoxy) is 1. The van der Waals surface area contributed by atoms with Gasteiger partial charge in [-0.2, -0.15) is 0 Å². The number of hydrogen-bond donors (Lipinski definition) is 0. The Bertz CT molecular complexity index is 306. The van der Waals surface area contributed by atoms with Gasteiger partial charge in [-0.15, -0.1) is 0 Å². The largest absolute Gasteiger partial charge is 0.472 e. The fourth-order valence-corrected chi connectivity index (χ4v) is 1.44. The molecule has 1 heterocycles. The van der Waals surface area contributed by atoms with Crippen LogP contribution in [0.2, 0.25) is 0 Å². The molecule has 1 atom stereocenters. The quantitative estimate of drug-likeness (QED) is 0.717. The highest BCUT2D eigenvalue weighted by molar-refractivity contribution is 5.99. The van der Waals surface area contributed by atoms with Gasteiger partial charge in [-0.25, -0.2) is 0 Å². The van der Waals surface area contributed by atoms with Gasteiger partial charge in [0.1, 0.15) is 12.4 Å². The van der Waals surface area contributed by atoms with Crippen molar-refractivity contribution in [3.8, 4) is 0 Å². The zero-order chi connectivity index (χ0) is 11.5. The fraction of sp³-hybridized carbons (Fsp3) is 0.583. The molecule has 0 saturated carbocycles. The van der Waals surface area contributed by atoms with Gasteiger partial charge in [0.05, 0.1) is 11.8 Å². The molecule has 0 spiro atoms. The van der Waals surface area contributed by atoms with E-state index in [0.717, 1.165) is 0 Å². The first-order valence-corrected chi connectivity index (χ1v) is 5.15. The number of ketones is 1. The Kier molecular flexibility index (Phi) is 3.69. The van der Waals surface area contributed by atoms with Crippen molar-refractivity contribution in [3.05, 3.63) is 24.2 Å². The first-order chi connectivity index (χ1) is 6.96. The Labute approximate surface area is 90.4 Å². The van der Waals surface area contributed by atoms with Crippen LogP contribution in [-0.4, -0.2) is 18.5 Å². The summed E-state index contributed by atoms with van der Waals surface area (Å²) >= 11 is 0. The Balaban J connectivity index is 2.86. The van der Waals surface area contributed by atoms with Crippen LogP contribution in [-0.2, 0) is 4.74 Å². The van der Waals surface area contributed by atoms with Crippen molar-refractivity contribution in [1.82, 2.24) is 0 Å². The third kappa shape index (κ3) is 2.93. The van der Waals surface area contributed by atoms with Gasteiger partial charge in [-0.3, -0.25) is 4.79 Å². The van der Waals surface area contributed by atoms with Gasteiger partial charge in [-0.1, -0.05) is 20.8 Å². The third-order valence-corrected chi connectivity index (χ3v) is 2.16.